The molecule has 7 heteroatoms. The molecule has 0 spiro atoms. The smallest absolute Gasteiger partial charge is 0.326 e. The Morgan fingerprint density at radius 3 is 2.65 bits per heavy atom. The van der Waals surface area contributed by atoms with Crippen LogP contribution in [0.25, 0.3) is 0 Å². The first-order valence-corrected chi connectivity index (χ1v) is 8.02. The Morgan fingerprint density at radius 2 is 2.20 bits per heavy atom. The van der Waals surface area contributed by atoms with Crippen LogP contribution in [0.15, 0.2) is 24.3 Å². The van der Waals surface area contributed by atoms with Crippen LogP contribution in [0.1, 0.15) is 18.4 Å². The van der Waals surface area contributed by atoms with Gasteiger partial charge in [-0.15, -0.1) is 0 Å². The van der Waals surface area contributed by atoms with Gasteiger partial charge in [0.05, 0.1) is 6.07 Å². The lowest BCUT2D eigenvalue weighted by molar-refractivity contribution is -0.141. The van der Waals surface area contributed by atoms with Crippen LogP contribution in [0.4, 0.5) is 0 Å². The molecule has 1 aromatic carbocycles. The van der Waals surface area contributed by atoms with Crippen molar-refractivity contribution in [3.8, 4) is 6.07 Å². The molecule has 106 valence electrons. The van der Waals surface area contributed by atoms with Gasteiger partial charge in [-0.25, -0.2) is 8.42 Å². The summed E-state index contributed by atoms with van der Waals surface area (Å²) < 4.78 is 24.1. The van der Waals surface area contributed by atoms with Crippen LogP contribution in [-0.4, -0.2) is 30.5 Å². The zero-order chi connectivity index (χ0) is 15.1. The fraction of sp³-hybridized carbons (Fsp3) is 0.385. The van der Waals surface area contributed by atoms with E-state index in [0.29, 0.717) is 10.6 Å². The molecule has 0 aromatic heterocycles. The van der Waals surface area contributed by atoms with E-state index < -0.39 is 32.4 Å². The topological polar surface area (TPSA) is 95.2 Å². The van der Waals surface area contributed by atoms with Crippen molar-refractivity contribution in [2.75, 3.05) is 5.75 Å². The Morgan fingerprint density at radius 1 is 1.55 bits per heavy atom. The minimum absolute atomic E-state index is 0.203. The first kappa shape index (κ1) is 14.8. The normalized spacial score (nSPS) is 28.6. The number of carboxylic acid groups (broad SMARTS) is 1. The molecule has 0 unspecified atom stereocenters. The second kappa shape index (κ2) is 4.76. The van der Waals surface area contributed by atoms with Gasteiger partial charge in [0.2, 0.25) is 0 Å². The van der Waals surface area contributed by atoms with E-state index in [0.717, 1.165) is 0 Å². The molecule has 0 radical (unpaired) electrons. The predicted molar refractivity (Wildman–Crippen MR) is 73.1 cm³/mol. The number of hydrogen-bond acceptors (Lipinski definition) is 4. The number of aliphatic carboxylic acids is 1. The fourth-order valence-electron chi connectivity index (χ4n) is 2.60. The number of nitrogens with zero attached hydrogens (tertiary/aromatic N) is 1. The molecule has 1 aliphatic carbocycles. The lowest BCUT2D eigenvalue weighted by Gasteiger charge is -2.02. The molecule has 1 aromatic rings. The van der Waals surface area contributed by atoms with Gasteiger partial charge in [-0.2, -0.15) is 5.26 Å². The number of carboxylic acids is 1. The molecule has 2 rings (SSSR count). The number of sulfone groups is 1. The third-order valence-electron chi connectivity index (χ3n) is 3.67. The molecular weight excluding hydrogens is 302 g/mol. The van der Waals surface area contributed by atoms with Crippen molar-refractivity contribution < 1.29 is 18.3 Å². The summed E-state index contributed by atoms with van der Waals surface area (Å²) in [5.74, 6) is -2.49. The van der Waals surface area contributed by atoms with Crippen LogP contribution in [-0.2, 0) is 14.6 Å². The second-order valence-electron chi connectivity index (χ2n) is 4.69. The zero-order valence-corrected chi connectivity index (χ0v) is 12.1. The Balaban J connectivity index is 2.58. The predicted octanol–water partition coefficient (Wildman–Crippen LogP) is 1.84. The van der Waals surface area contributed by atoms with Crippen LogP contribution in [0, 0.1) is 16.7 Å². The third-order valence-corrected chi connectivity index (χ3v) is 6.13. The molecule has 3 atom stereocenters. The van der Waals surface area contributed by atoms with Crippen molar-refractivity contribution in [2.24, 2.45) is 5.41 Å². The molecule has 0 aliphatic heterocycles. The summed E-state index contributed by atoms with van der Waals surface area (Å²) in [6, 6.07) is 8.00. The zero-order valence-electron chi connectivity index (χ0n) is 10.6. The molecule has 0 saturated heterocycles. The van der Waals surface area contributed by atoms with Crippen molar-refractivity contribution in [1.82, 2.24) is 0 Å². The molecule has 5 nitrogen and oxygen atoms in total. The Labute approximate surface area is 121 Å². The molecule has 1 aliphatic rings. The van der Waals surface area contributed by atoms with Gasteiger partial charge in [0, 0.05) is 16.7 Å². The van der Waals surface area contributed by atoms with Gasteiger partial charge in [0.15, 0.2) is 15.3 Å². The van der Waals surface area contributed by atoms with E-state index in [2.05, 4.69) is 0 Å². The Bertz CT molecular complexity index is 709. The number of carbonyl (C=O) groups is 1. The van der Waals surface area contributed by atoms with Crippen molar-refractivity contribution in [3.63, 3.8) is 0 Å². The average Bonchev–Trinajstić information content (AvgIpc) is 3.10. The Kier molecular flexibility index (Phi) is 3.53. The third kappa shape index (κ3) is 1.98. The van der Waals surface area contributed by atoms with Crippen LogP contribution < -0.4 is 0 Å². The van der Waals surface area contributed by atoms with Crippen LogP contribution >= 0.6 is 11.6 Å². The minimum atomic E-state index is -3.65. The molecule has 0 amide bonds. The highest BCUT2D eigenvalue weighted by molar-refractivity contribution is 7.92. The first-order valence-electron chi connectivity index (χ1n) is 5.93. The maximum absolute atomic E-state index is 12.1. The summed E-state index contributed by atoms with van der Waals surface area (Å²) in [5, 5.41) is 17.7. The maximum Gasteiger partial charge on any atom is 0.326 e. The van der Waals surface area contributed by atoms with E-state index in [9.17, 15) is 23.6 Å². The van der Waals surface area contributed by atoms with E-state index in [1.807, 2.05) is 0 Å². The first-order chi connectivity index (χ1) is 9.31. The average molecular weight is 314 g/mol. The minimum Gasteiger partial charge on any atom is -0.480 e. The molecule has 0 bridgehead atoms. The number of benzene rings is 1. The van der Waals surface area contributed by atoms with Crippen molar-refractivity contribution in [1.29, 1.82) is 5.26 Å². The van der Waals surface area contributed by atoms with Crippen LogP contribution in [0.3, 0.4) is 0 Å². The highest BCUT2D eigenvalue weighted by Crippen LogP contribution is 2.63. The maximum atomic E-state index is 12.1. The second-order valence-corrected chi connectivity index (χ2v) is 7.54. The molecular formula is C13H12ClNO4S. The van der Waals surface area contributed by atoms with Crippen molar-refractivity contribution in [3.05, 3.63) is 34.9 Å². The standard InChI is InChI=1S/C13H12ClNO4S/c1-2-20(18,19)11-10(13(11,7-15)12(16)17)8-4-3-5-9(14)6-8/h3-6,10-11H,2H2,1H3,(H,16,17)/t10-,11-,13+/m1/s1. The van der Waals surface area contributed by atoms with E-state index in [1.165, 1.54) is 13.0 Å². The monoisotopic (exact) mass is 313 g/mol. The van der Waals surface area contributed by atoms with E-state index in [-0.39, 0.29) is 5.75 Å². The lowest BCUT2D eigenvalue weighted by atomic mass is 10.0. The summed E-state index contributed by atoms with van der Waals surface area (Å²) in [6.07, 6.45) is 0. The molecule has 1 saturated carbocycles. The number of hydrogen-bond donors (Lipinski definition) is 1. The van der Waals surface area contributed by atoms with Gasteiger partial charge in [-0.3, -0.25) is 4.79 Å². The SMILES string of the molecule is CCS(=O)(=O)[C@@H]1[C@@H](c2cccc(Cl)c2)[C@]1(C#N)C(=O)O. The number of halogens is 1. The van der Waals surface area contributed by atoms with E-state index in [1.54, 1.807) is 24.3 Å². The summed E-state index contributed by atoms with van der Waals surface area (Å²) >= 11 is 5.85. The Hall–Kier alpha value is -1.58. The van der Waals surface area contributed by atoms with Crippen LogP contribution in [0.2, 0.25) is 5.02 Å². The highest BCUT2D eigenvalue weighted by atomic mass is 35.5. The van der Waals surface area contributed by atoms with Crippen molar-refractivity contribution in [2.45, 2.75) is 18.1 Å². The van der Waals surface area contributed by atoms with Crippen LogP contribution in [0.5, 0.6) is 0 Å². The lowest BCUT2D eigenvalue weighted by Crippen LogP contribution is -2.23. The molecule has 0 heterocycles. The van der Waals surface area contributed by atoms with E-state index >= 15 is 0 Å². The molecule has 1 fully saturated rings. The fourth-order valence-corrected chi connectivity index (χ4v) is 4.73. The number of nitriles is 1. The summed E-state index contributed by atoms with van der Waals surface area (Å²) in [6.45, 7) is 1.44. The molecule has 1 N–H and O–H groups in total. The van der Waals surface area contributed by atoms with Gasteiger partial charge >= 0.3 is 5.97 Å². The molecule has 20 heavy (non-hydrogen) atoms. The summed E-state index contributed by atoms with van der Waals surface area (Å²) in [4.78, 5) is 11.4. The van der Waals surface area contributed by atoms with Gasteiger partial charge in [0.25, 0.3) is 0 Å². The van der Waals surface area contributed by atoms with Crippen molar-refractivity contribution >= 4 is 27.4 Å². The number of rotatable bonds is 4. The largest absolute Gasteiger partial charge is 0.480 e. The van der Waals surface area contributed by atoms with E-state index in [4.69, 9.17) is 11.6 Å². The van der Waals surface area contributed by atoms with Gasteiger partial charge < -0.3 is 5.11 Å². The van der Waals surface area contributed by atoms with Gasteiger partial charge in [0.1, 0.15) is 5.25 Å². The summed E-state index contributed by atoms with van der Waals surface area (Å²) in [7, 11) is -3.65. The highest BCUT2D eigenvalue weighted by Gasteiger charge is 2.76. The van der Waals surface area contributed by atoms with Gasteiger partial charge in [-0.05, 0) is 17.7 Å². The van der Waals surface area contributed by atoms with Gasteiger partial charge in [-0.1, -0.05) is 30.7 Å². The quantitative estimate of drug-likeness (QED) is 0.915. The summed E-state index contributed by atoms with van der Waals surface area (Å²) in [5.41, 5.74) is -1.46.